The molecule has 1 spiro atoms. The molecule has 0 aromatic rings. The van der Waals surface area contributed by atoms with Gasteiger partial charge in [0.1, 0.15) is 12.2 Å². The Morgan fingerprint density at radius 1 is 1.00 bits per heavy atom. The van der Waals surface area contributed by atoms with Gasteiger partial charge in [-0.2, -0.15) is 0 Å². The zero-order chi connectivity index (χ0) is 13.0. The predicted molar refractivity (Wildman–Crippen MR) is 69.7 cm³/mol. The summed E-state index contributed by atoms with van der Waals surface area (Å²) in [4.78, 5) is 0. The van der Waals surface area contributed by atoms with Crippen LogP contribution in [0.4, 0.5) is 0 Å². The van der Waals surface area contributed by atoms with Crippen LogP contribution in [0.5, 0.6) is 0 Å². The number of allylic oxidation sites excluding steroid dienone is 1. The van der Waals surface area contributed by atoms with Gasteiger partial charge in [-0.25, -0.2) is 0 Å². The monoisotopic (exact) mass is 262 g/mol. The van der Waals surface area contributed by atoms with E-state index in [1.165, 1.54) is 6.42 Å². The highest BCUT2D eigenvalue weighted by Crippen LogP contribution is 2.78. The maximum absolute atomic E-state index is 6.06. The fraction of sp³-hybridized carbons (Fsp3) is 0.875. The molecule has 7 unspecified atom stereocenters. The topological polar surface area (TPSA) is 34.3 Å². The molecule has 1 saturated carbocycles. The first-order valence-electron chi connectivity index (χ1n) is 7.59. The standard InChI is InChI=1S/C16H22O3/c1-14(2)9-4-5-15(3)12-10(18-12)7-17-8-11-13(19-11)16(14,15)6-9/h4-5,9-13H,6-8H2,1-3H3. The van der Waals surface area contributed by atoms with E-state index in [0.717, 1.165) is 13.2 Å². The van der Waals surface area contributed by atoms with E-state index in [-0.39, 0.29) is 10.8 Å². The smallest absolute Gasteiger partial charge is 0.108 e. The van der Waals surface area contributed by atoms with Gasteiger partial charge in [0.15, 0.2) is 0 Å². The molecule has 3 aliphatic carbocycles. The van der Waals surface area contributed by atoms with Crippen LogP contribution in [0, 0.1) is 22.2 Å². The summed E-state index contributed by atoms with van der Waals surface area (Å²) in [7, 11) is 0. The average molecular weight is 262 g/mol. The molecule has 0 N–H and O–H groups in total. The van der Waals surface area contributed by atoms with Gasteiger partial charge < -0.3 is 14.2 Å². The summed E-state index contributed by atoms with van der Waals surface area (Å²) < 4.78 is 17.8. The lowest BCUT2D eigenvalue weighted by Crippen LogP contribution is -2.68. The SMILES string of the molecule is CC1(C)C2C=CC3(C)C4OC4COCC4OC4C13C2. The Balaban J connectivity index is 1.68. The molecule has 6 aliphatic rings. The molecule has 3 nitrogen and oxygen atoms in total. The van der Waals surface area contributed by atoms with Gasteiger partial charge in [0.2, 0.25) is 0 Å². The summed E-state index contributed by atoms with van der Waals surface area (Å²) in [5, 5.41) is 0. The fourth-order valence-corrected chi connectivity index (χ4v) is 5.69. The highest BCUT2D eigenvalue weighted by atomic mass is 16.6. The highest BCUT2D eigenvalue weighted by Gasteiger charge is 2.80. The molecule has 0 aromatic heterocycles. The average Bonchev–Trinajstić information content (AvgIpc) is 3.24. The summed E-state index contributed by atoms with van der Waals surface area (Å²) in [5.41, 5.74) is 0.678. The number of hydrogen-bond acceptors (Lipinski definition) is 3. The summed E-state index contributed by atoms with van der Waals surface area (Å²) in [6, 6.07) is 0. The van der Waals surface area contributed by atoms with E-state index < -0.39 is 0 Å². The molecule has 2 bridgehead atoms. The predicted octanol–water partition coefficient (Wildman–Crippen LogP) is 2.16. The van der Waals surface area contributed by atoms with Crippen molar-refractivity contribution in [1.29, 1.82) is 0 Å². The molecule has 4 fully saturated rings. The highest BCUT2D eigenvalue weighted by molar-refractivity contribution is 5.36. The van der Waals surface area contributed by atoms with Crippen LogP contribution in [0.1, 0.15) is 27.2 Å². The van der Waals surface area contributed by atoms with E-state index >= 15 is 0 Å². The Kier molecular flexibility index (Phi) is 1.75. The molecule has 0 aromatic carbocycles. The second-order valence-corrected chi connectivity index (χ2v) is 7.87. The van der Waals surface area contributed by atoms with Crippen LogP contribution < -0.4 is 0 Å². The molecule has 3 heterocycles. The van der Waals surface area contributed by atoms with E-state index in [1.54, 1.807) is 0 Å². The van der Waals surface area contributed by atoms with Gasteiger partial charge >= 0.3 is 0 Å². The lowest BCUT2D eigenvalue weighted by Gasteiger charge is -2.70. The largest absolute Gasteiger partial charge is 0.376 e. The van der Waals surface area contributed by atoms with Gasteiger partial charge in [0.25, 0.3) is 0 Å². The maximum Gasteiger partial charge on any atom is 0.108 e. The van der Waals surface area contributed by atoms with Crippen LogP contribution in [0.15, 0.2) is 12.2 Å². The van der Waals surface area contributed by atoms with Crippen molar-refractivity contribution in [2.24, 2.45) is 22.2 Å². The lowest BCUT2D eigenvalue weighted by atomic mass is 9.33. The number of rotatable bonds is 0. The molecule has 0 amide bonds. The minimum absolute atomic E-state index is 0.114. The molecular weight excluding hydrogens is 240 g/mol. The number of fused-ring (bicyclic) bond motifs is 2. The third-order valence-corrected chi connectivity index (χ3v) is 7.06. The van der Waals surface area contributed by atoms with E-state index in [0.29, 0.717) is 35.7 Å². The van der Waals surface area contributed by atoms with Crippen molar-refractivity contribution in [3.63, 3.8) is 0 Å². The first-order chi connectivity index (χ1) is 9.01. The zero-order valence-electron chi connectivity index (χ0n) is 11.9. The van der Waals surface area contributed by atoms with Crippen molar-refractivity contribution >= 4 is 0 Å². The normalized spacial score (nSPS) is 63.4. The van der Waals surface area contributed by atoms with Crippen molar-refractivity contribution < 1.29 is 14.2 Å². The summed E-state index contributed by atoms with van der Waals surface area (Å²) >= 11 is 0. The van der Waals surface area contributed by atoms with Gasteiger partial charge in [-0.05, 0) is 17.8 Å². The van der Waals surface area contributed by atoms with Gasteiger partial charge in [-0.15, -0.1) is 0 Å². The lowest BCUT2D eigenvalue weighted by molar-refractivity contribution is -0.197. The first kappa shape index (κ1) is 11.3. The van der Waals surface area contributed by atoms with Crippen LogP contribution in [0.25, 0.3) is 0 Å². The number of epoxide rings is 2. The second kappa shape index (κ2) is 2.95. The molecule has 3 aliphatic heterocycles. The Morgan fingerprint density at radius 2 is 1.68 bits per heavy atom. The second-order valence-electron chi connectivity index (χ2n) is 7.87. The Morgan fingerprint density at radius 3 is 2.42 bits per heavy atom. The molecule has 3 heteroatoms. The van der Waals surface area contributed by atoms with Gasteiger partial charge in [0, 0.05) is 10.8 Å². The van der Waals surface area contributed by atoms with E-state index in [4.69, 9.17) is 14.2 Å². The Hall–Kier alpha value is -0.380. The van der Waals surface area contributed by atoms with Crippen molar-refractivity contribution in [3.05, 3.63) is 12.2 Å². The summed E-state index contributed by atoms with van der Waals surface area (Å²) in [6.07, 6.45) is 7.47. The summed E-state index contributed by atoms with van der Waals surface area (Å²) in [6.45, 7) is 8.74. The molecule has 7 atom stereocenters. The molecule has 6 rings (SSSR count). The van der Waals surface area contributed by atoms with Crippen LogP contribution in [0.2, 0.25) is 0 Å². The molecule has 19 heavy (non-hydrogen) atoms. The zero-order valence-corrected chi connectivity index (χ0v) is 11.9. The van der Waals surface area contributed by atoms with E-state index in [9.17, 15) is 0 Å². The van der Waals surface area contributed by atoms with Crippen LogP contribution in [-0.2, 0) is 14.2 Å². The number of ether oxygens (including phenoxy) is 3. The molecule has 3 saturated heterocycles. The van der Waals surface area contributed by atoms with Crippen LogP contribution in [0.3, 0.4) is 0 Å². The van der Waals surface area contributed by atoms with Gasteiger partial charge in [-0.3, -0.25) is 0 Å². The Bertz CT molecular complexity index is 484. The third-order valence-electron chi connectivity index (χ3n) is 7.06. The Labute approximate surface area is 114 Å². The van der Waals surface area contributed by atoms with Crippen molar-refractivity contribution in [1.82, 2.24) is 0 Å². The fourth-order valence-electron chi connectivity index (χ4n) is 5.69. The molecule has 0 radical (unpaired) electrons. The van der Waals surface area contributed by atoms with E-state index in [1.807, 2.05) is 0 Å². The van der Waals surface area contributed by atoms with Crippen molar-refractivity contribution in [2.75, 3.05) is 13.2 Å². The summed E-state index contributed by atoms with van der Waals surface area (Å²) in [5.74, 6) is 0.712. The minimum Gasteiger partial charge on any atom is -0.376 e. The van der Waals surface area contributed by atoms with Gasteiger partial charge in [-0.1, -0.05) is 32.9 Å². The number of hydrogen-bond donors (Lipinski definition) is 0. The van der Waals surface area contributed by atoms with Crippen LogP contribution >= 0.6 is 0 Å². The third kappa shape index (κ3) is 1.03. The van der Waals surface area contributed by atoms with Crippen LogP contribution in [-0.4, -0.2) is 37.6 Å². The quantitative estimate of drug-likeness (QED) is 0.495. The van der Waals surface area contributed by atoms with Crippen molar-refractivity contribution in [3.8, 4) is 0 Å². The van der Waals surface area contributed by atoms with Crippen molar-refractivity contribution in [2.45, 2.75) is 51.6 Å². The molecular formula is C16H22O3. The van der Waals surface area contributed by atoms with Gasteiger partial charge in [0.05, 0.1) is 25.4 Å². The van der Waals surface area contributed by atoms with E-state index in [2.05, 4.69) is 32.9 Å². The molecule has 104 valence electrons. The minimum atomic E-state index is 0.114. The maximum atomic E-state index is 6.06. The first-order valence-corrected chi connectivity index (χ1v) is 7.59.